The van der Waals surface area contributed by atoms with Crippen molar-refractivity contribution < 1.29 is 9.47 Å². The summed E-state index contributed by atoms with van der Waals surface area (Å²) in [5.41, 5.74) is 6.77. The van der Waals surface area contributed by atoms with Crippen molar-refractivity contribution in [2.24, 2.45) is 0 Å². The predicted molar refractivity (Wildman–Crippen MR) is 115 cm³/mol. The van der Waals surface area contributed by atoms with Crippen LogP contribution < -0.4 is 19.9 Å². The lowest BCUT2D eigenvalue weighted by molar-refractivity contribution is 0.337. The first-order chi connectivity index (χ1) is 14.2. The minimum atomic E-state index is 0.0827. The quantitative estimate of drug-likeness (QED) is 0.618. The molecule has 0 fully saturated rings. The molecule has 29 heavy (non-hydrogen) atoms. The number of halogens is 1. The summed E-state index contributed by atoms with van der Waals surface area (Å²) in [6, 6.07) is 19.5. The fourth-order valence-electron chi connectivity index (χ4n) is 3.26. The third-order valence-electron chi connectivity index (χ3n) is 4.79. The highest BCUT2D eigenvalue weighted by Crippen LogP contribution is 2.29. The van der Waals surface area contributed by atoms with Crippen molar-refractivity contribution in [2.75, 3.05) is 18.7 Å². The van der Waals surface area contributed by atoms with Crippen molar-refractivity contribution in [1.29, 1.82) is 0 Å². The number of hydrogen-bond donors (Lipinski definition) is 1. The average molecular weight is 408 g/mol. The highest BCUT2D eigenvalue weighted by atomic mass is 35.5. The van der Waals surface area contributed by atoms with E-state index in [0.29, 0.717) is 11.6 Å². The number of rotatable bonds is 7. The lowest BCUT2D eigenvalue weighted by Gasteiger charge is -2.21. The molecule has 1 unspecified atom stereocenters. The molecular weight excluding hydrogens is 386 g/mol. The molecular formula is C23H22ClN3O2. The fourth-order valence-corrected chi connectivity index (χ4v) is 3.48. The normalized spacial score (nSPS) is 15.9. The van der Waals surface area contributed by atoms with Crippen LogP contribution in [0.3, 0.4) is 0 Å². The lowest BCUT2D eigenvalue weighted by atomic mass is 10.0. The summed E-state index contributed by atoms with van der Waals surface area (Å²) in [6.07, 6.45) is 6.50. The van der Waals surface area contributed by atoms with Crippen LogP contribution in [0.15, 0.2) is 84.8 Å². The molecule has 2 aromatic carbocycles. The molecule has 3 aromatic rings. The van der Waals surface area contributed by atoms with Crippen molar-refractivity contribution in [3.05, 3.63) is 95.4 Å². The lowest BCUT2D eigenvalue weighted by Crippen LogP contribution is -2.38. The third-order valence-corrected chi connectivity index (χ3v) is 5.10. The number of nitrogens with zero attached hydrogens (tertiary/aromatic N) is 2. The summed E-state index contributed by atoms with van der Waals surface area (Å²) in [6.45, 7) is 0.455. The third kappa shape index (κ3) is 4.70. The van der Waals surface area contributed by atoms with Gasteiger partial charge < -0.3 is 9.47 Å². The van der Waals surface area contributed by atoms with Gasteiger partial charge in [0.05, 0.1) is 23.9 Å². The first kappa shape index (κ1) is 19.3. The number of hydrogen-bond acceptors (Lipinski definition) is 5. The Kier molecular flexibility index (Phi) is 5.98. The van der Waals surface area contributed by atoms with E-state index in [2.05, 4.69) is 16.6 Å². The maximum Gasteiger partial charge on any atom is 0.123 e. The van der Waals surface area contributed by atoms with Crippen LogP contribution >= 0.6 is 11.6 Å². The molecule has 1 N–H and O–H groups in total. The standard InChI is InChI=1S/C23H22ClN3O2/c1-28-19-5-4-6-20(14-19)29-16-18-15-27(23-8-3-2-7-21(23)24)26-22(18)13-17-9-11-25-12-10-17/h2-12,14-15,22,26H,13,16H2,1H3. The zero-order chi connectivity index (χ0) is 20.1. The Balaban J connectivity index is 1.54. The van der Waals surface area contributed by atoms with Gasteiger partial charge in [-0.25, -0.2) is 5.43 Å². The van der Waals surface area contributed by atoms with Crippen LogP contribution in [-0.4, -0.2) is 24.7 Å². The summed E-state index contributed by atoms with van der Waals surface area (Å²) in [5, 5.41) is 2.66. The van der Waals surface area contributed by atoms with Gasteiger partial charge >= 0.3 is 0 Å². The van der Waals surface area contributed by atoms with E-state index in [-0.39, 0.29) is 6.04 Å². The monoisotopic (exact) mass is 407 g/mol. The fraction of sp³-hybridized carbons (Fsp3) is 0.174. The van der Waals surface area contributed by atoms with Crippen molar-refractivity contribution in [3.8, 4) is 11.5 Å². The number of ether oxygens (including phenoxy) is 2. The molecule has 4 rings (SSSR count). The Morgan fingerprint density at radius 2 is 1.83 bits per heavy atom. The Bertz CT molecular complexity index is 994. The van der Waals surface area contributed by atoms with Gasteiger partial charge in [-0.3, -0.25) is 9.99 Å². The molecule has 6 heteroatoms. The first-order valence-corrected chi connectivity index (χ1v) is 9.77. The Hall–Kier alpha value is -3.02. The summed E-state index contributed by atoms with van der Waals surface area (Å²) >= 11 is 6.40. The van der Waals surface area contributed by atoms with Gasteiger partial charge in [-0.2, -0.15) is 0 Å². The van der Waals surface area contributed by atoms with E-state index in [1.165, 1.54) is 5.56 Å². The first-order valence-electron chi connectivity index (χ1n) is 9.39. The van der Waals surface area contributed by atoms with Crippen LogP contribution in [0.25, 0.3) is 0 Å². The van der Waals surface area contributed by atoms with Crippen LogP contribution in [0.2, 0.25) is 5.02 Å². The van der Waals surface area contributed by atoms with Crippen LogP contribution in [0.1, 0.15) is 5.56 Å². The van der Waals surface area contributed by atoms with Crippen molar-refractivity contribution in [1.82, 2.24) is 10.4 Å². The van der Waals surface area contributed by atoms with Gasteiger partial charge in [0, 0.05) is 30.2 Å². The molecule has 0 saturated carbocycles. The van der Waals surface area contributed by atoms with E-state index in [9.17, 15) is 0 Å². The highest BCUT2D eigenvalue weighted by Gasteiger charge is 2.26. The van der Waals surface area contributed by atoms with Gasteiger partial charge in [-0.1, -0.05) is 29.8 Å². The van der Waals surface area contributed by atoms with Crippen molar-refractivity contribution in [3.63, 3.8) is 0 Å². The summed E-state index contributed by atoms with van der Waals surface area (Å²) in [7, 11) is 1.65. The SMILES string of the molecule is COc1cccc(OCC2=CN(c3ccccc3Cl)NC2Cc2ccncc2)c1. The van der Waals surface area contributed by atoms with E-state index >= 15 is 0 Å². The maximum atomic E-state index is 6.40. The summed E-state index contributed by atoms with van der Waals surface area (Å²) in [5.74, 6) is 1.54. The smallest absolute Gasteiger partial charge is 0.123 e. The summed E-state index contributed by atoms with van der Waals surface area (Å²) < 4.78 is 11.3. The Morgan fingerprint density at radius 3 is 2.62 bits per heavy atom. The zero-order valence-electron chi connectivity index (χ0n) is 16.1. The minimum absolute atomic E-state index is 0.0827. The Morgan fingerprint density at radius 1 is 1.03 bits per heavy atom. The Labute approximate surface area is 175 Å². The zero-order valence-corrected chi connectivity index (χ0v) is 16.8. The topological polar surface area (TPSA) is 46.6 Å². The molecule has 1 atom stereocenters. The highest BCUT2D eigenvalue weighted by molar-refractivity contribution is 6.33. The van der Waals surface area contributed by atoms with Crippen molar-refractivity contribution in [2.45, 2.75) is 12.5 Å². The van der Waals surface area contributed by atoms with E-state index in [1.807, 2.05) is 78.1 Å². The van der Waals surface area contributed by atoms with Gasteiger partial charge in [-0.15, -0.1) is 0 Å². The van der Waals surface area contributed by atoms with Crippen molar-refractivity contribution >= 4 is 17.3 Å². The number of nitrogens with one attached hydrogen (secondary N) is 1. The van der Waals surface area contributed by atoms with Gasteiger partial charge in [0.15, 0.2) is 0 Å². The second kappa shape index (κ2) is 8.99. The van der Waals surface area contributed by atoms with Gasteiger partial charge in [0.1, 0.15) is 18.1 Å². The predicted octanol–water partition coefficient (Wildman–Crippen LogP) is 4.64. The molecule has 0 aliphatic carbocycles. The van der Waals surface area contributed by atoms with E-state index in [1.54, 1.807) is 7.11 Å². The molecule has 0 spiro atoms. The summed E-state index contributed by atoms with van der Waals surface area (Å²) in [4.78, 5) is 4.11. The molecule has 1 aromatic heterocycles. The second-order valence-electron chi connectivity index (χ2n) is 6.73. The van der Waals surface area contributed by atoms with Gasteiger partial charge in [0.25, 0.3) is 0 Å². The molecule has 1 aliphatic rings. The molecule has 2 heterocycles. The van der Waals surface area contributed by atoms with Gasteiger partial charge in [-0.05, 0) is 48.4 Å². The number of aromatic nitrogens is 1. The second-order valence-corrected chi connectivity index (χ2v) is 7.14. The number of para-hydroxylation sites is 1. The molecule has 148 valence electrons. The number of pyridine rings is 1. The number of benzene rings is 2. The van der Waals surface area contributed by atoms with Crippen LogP contribution in [-0.2, 0) is 6.42 Å². The molecule has 5 nitrogen and oxygen atoms in total. The molecule has 0 radical (unpaired) electrons. The number of hydrazine groups is 1. The van der Waals surface area contributed by atoms with Crippen LogP contribution in [0, 0.1) is 0 Å². The number of methoxy groups -OCH3 is 1. The molecule has 1 aliphatic heterocycles. The molecule has 0 bridgehead atoms. The average Bonchev–Trinajstić information content (AvgIpc) is 3.16. The largest absolute Gasteiger partial charge is 0.497 e. The minimum Gasteiger partial charge on any atom is -0.497 e. The van der Waals surface area contributed by atoms with E-state index < -0.39 is 0 Å². The van der Waals surface area contributed by atoms with Crippen LogP contribution in [0.5, 0.6) is 11.5 Å². The van der Waals surface area contributed by atoms with Crippen LogP contribution in [0.4, 0.5) is 5.69 Å². The molecule has 0 saturated heterocycles. The number of anilines is 1. The van der Waals surface area contributed by atoms with E-state index in [0.717, 1.165) is 29.2 Å². The maximum absolute atomic E-state index is 6.40. The molecule has 0 amide bonds. The van der Waals surface area contributed by atoms with E-state index in [4.69, 9.17) is 21.1 Å². The van der Waals surface area contributed by atoms with Gasteiger partial charge in [0.2, 0.25) is 0 Å².